The molecule has 16 heteroatoms. The van der Waals surface area contributed by atoms with Gasteiger partial charge in [0.1, 0.15) is 0 Å². The molecule has 0 aliphatic rings. The number of rotatable bonds is 106. The molecular weight excluding hydrogens is 1750 g/mol. The molecule has 0 unspecified atom stereocenters. The molecule has 0 spiro atoms. The first-order chi connectivity index (χ1) is 69.5. The Hall–Kier alpha value is -6.58. The highest BCUT2D eigenvalue weighted by Gasteiger charge is 2.24. The normalized spacial score (nSPS) is 11.4. The molecule has 141 heavy (non-hydrogen) atoms. The Balaban J connectivity index is 1.52. The van der Waals surface area contributed by atoms with E-state index in [1.165, 1.54) is 461 Å². The molecule has 6 N–H and O–H groups in total. The third-order valence-electron chi connectivity index (χ3n) is 28.5. The Morgan fingerprint density at radius 1 is 0.177 bits per heavy atom. The molecule has 2 amide bonds. The number of carbonyl (C=O) groups is 2. The number of benzene rings is 4. The van der Waals surface area contributed by atoms with Gasteiger partial charge in [0.25, 0.3) is 11.8 Å². The zero-order valence-corrected chi connectivity index (χ0v) is 92.3. The van der Waals surface area contributed by atoms with Gasteiger partial charge in [-0.05, 0) is 62.8 Å². The quantitative estimate of drug-likeness (QED) is 0.0179. The maximum Gasteiger partial charge on any atom is 0.255 e. The van der Waals surface area contributed by atoms with Crippen molar-refractivity contribution in [3.05, 3.63) is 59.7 Å². The smallest absolute Gasteiger partial charge is 0.255 e. The fourth-order valence-electron chi connectivity index (χ4n) is 19.4. The van der Waals surface area contributed by atoms with Crippen LogP contribution in [0.15, 0.2) is 48.5 Å². The Labute approximate surface area is 865 Å². The molecule has 0 saturated heterocycles. The van der Waals surface area contributed by atoms with Crippen LogP contribution in [-0.2, 0) is 0 Å². The van der Waals surface area contributed by atoms with Gasteiger partial charge in [0, 0.05) is 53.2 Å². The van der Waals surface area contributed by atoms with Crippen LogP contribution in [-0.4, -0.2) is 85.1 Å². The molecular formula is C125H218N2O14. The molecule has 0 aromatic heterocycles. The van der Waals surface area contributed by atoms with Gasteiger partial charge in [-0.3, -0.25) is 9.59 Å². The van der Waals surface area contributed by atoms with E-state index < -0.39 is 34.8 Å². The van der Waals surface area contributed by atoms with E-state index in [1.54, 1.807) is 0 Å². The number of aromatic hydroxyl groups is 4. The summed E-state index contributed by atoms with van der Waals surface area (Å²) in [5, 5.41) is 51.1. The van der Waals surface area contributed by atoms with Crippen LogP contribution < -0.4 is 48.5 Å². The van der Waals surface area contributed by atoms with Crippen molar-refractivity contribution in [1.29, 1.82) is 0 Å². The summed E-state index contributed by atoms with van der Waals surface area (Å²) < 4.78 is 52.5. The predicted molar refractivity (Wildman–Crippen MR) is 599 cm³/mol. The van der Waals surface area contributed by atoms with Gasteiger partial charge in [-0.25, -0.2) is 0 Å². The molecule has 16 nitrogen and oxygen atoms in total. The van der Waals surface area contributed by atoms with E-state index in [0.717, 1.165) is 103 Å². The molecule has 0 atom stereocenters. The molecule has 0 heterocycles. The highest BCUT2D eigenvalue weighted by molar-refractivity contribution is 6.06. The molecule has 0 aliphatic heterocycles. The molecule has 0 radical (unpaired) electrons. The van der Waals surface area contributed by atoms with Crippen LogP contribution in [0.4, 0.5) is 11.4 Å². The third-order valence-corrected chi connectivity index (χ3v) is 28.5. The zero-order valence-electron chi connectivity index (χ0n) is 92.3. The summed E-state index contributed by atoms with van der Waals surface area (Å²) in [6.45, 7) is 16.5. The fraction of sp³-hybridized carbons (Fsp3) is 0.792. The highest BCUT2D eigenvalue weighted by Crippen LogP contribution is 2.45. The van der Waals surface area contributed by atoms with Gasteiger partial charge in [0.2, 0.25) is 23.0 Å². The number of hydrogen-bond acceptors (Lipinski definition) is 14. The fourth-order valence-corrected chi connectivity index (χ4v) is 19.4. The van der Waals surface area contributed by atoms with Crippen molar-refractivity contribution >= 4 is 23.2 Å². The van der Waals surface area contributed by atoms with E-state index in [4.69, 9.17) is 37.9 Å². The lowest BCUT2D eigenvalue weighted by Gasteiger charge is -2.19. The summed E-state index contributed by atoms with van der Waals surface area (Å²) in [6.07, 6.45) is 106. The van der Waals surface area contributed by atoms with Crippen molar-refractivity contribution in [2.24, 2.45) is 0 Å². The van der Waals surface area contributed by atoms with E-state index >= 15 is 0 Å². The number of anilines is 2. The van der Waals surface area contributed by atoms with Gasteiger partial charge in [-0.2, -0.15) is 0 Å². The molecule has 4 aromatic carbocycles. The van der Waals surface area contributed by atoms with Crippen LogP contribution in [0.2, 0.25) is 0 Å². The Bertz CT molecular complexity index is 3190. The maximum atomic E-state index is 14.6. The number of hydrogen-bond donors (Lipinski definition) is 6. The van der Waals surface area contributed by atoms with Gasteiger partial charge >= 0.3 is 0 Å². The number of phenolic OH excluding ortho intramolecular Hbond substituents is 4. The van der Waals surface area contributed by atoms with E-state index in [9.17, 15) is 30.0 Å². The van der Waals surface area contributed by atoms with Crippen LogP contribution in [0.1, 0.15) is 608 Å². The van der Waals surface area contributed by atoms with Gasteiger partial charge < -0.3 is 69.0 Å². The summed E-state index contributed by atoms with van der Waals surface area (Å²) in [5.74, 6) is -0.412. The minimum absolute atomic E-state index is 0.0348. The average molecular weight is 1970 g/mol. The van der Waals surface area contributed by atoms with E-state index in [-0.39, 0.29) is 42.3 Å². The van der Waals surface area contributed by atoms with E-state index in [2.05, 4.69) is 52.2 Å². The van der Waals surface area contributed by atoms with Crippen molar-refractivity contribution in [1.82, 2.24) is 0 Å². The van der Waals surface area contributed by atoms with Crippen molar-refractivity contribution in [2.75, 3.05) is 63.5 Å². The molecule has 0 saturated carbocycles. The van der Waals surface area contributed by atoms with Crippen molar-refractivity contribution < 1.29 is 67.9 Å². The number of phenols is 4. The zero-order chi connectivity index (χ0) is 101. The summed E-state index contributed by atoms with van der Waals surface area (Å²) in [7, 11) is 0. The second kappa shape index (κ2) is 93.2. The van der Waals surface area contributed by atoms with Crippen LogP contribution >= 0.6 is 0 Å². The van der Waals surface area contributed by atoms with Crippen LogP contribution in [0.5, 0.6) is 69.0 Å². The standard InChI is InChI=1S/C125H218N2O14/c1-7-13-19-25-31-37-43-49-55-61-67-73-79-85-92-136-116-104-110(105-117(137-93-86-80-74-68-62-56-50-44-38-32-26-20-14-8-2)122(116)140-96-89-83-77-71-65-59-53-47-41-35-29-23-17-11-5)126-124(132)108-100-112(128)120(130)114(102-108)134-98-91-99-135-115-103-109(101-113(129)121(115)131)125(133)127-111-106-118(138-94-87-81-75-69-63-57-51-45-39-33-27-21-15-9-3)123(141-97-90-84-78-72-66-60-54-48-42-36-30-24-18-12-6)119(107-111)139-95-88-82-76-70-64-58-52-46-40-34-28-22-16-10-4/h100-107,128-131H,7-99H2,1-6H3,(H,126,132)(H,127,133). The van der Waals surface area contributed by atoms with Crippen LogP contribution in [0, 0.1) is 0 Å². The lowest BCUT2D eigenvalue weighted by Crippen LogP contribution is -2.14. The molecule has 4 rings (SSSR count). The number of carbonyl (C=O) groups excluding carboxylic acids is 2. The van der Waals surface area contributed by atoms with Gasteiger partial charge in [-0.15, -0.1) is 0 Å². The first kappa shape index (κ1) is 127. The summed E-state index contributed by atoms with van der Waals surface area (Å²) in [4.78, 5) is 29.2. The lowest BCUT2D eigenvalue weighted by molar-refractivity contribution is 0.101. The third kappa shape index (κ3) is 68.5. The molecule has 812 valence electrons. The second-order valence-corrected chi connectivity index (χ2v) is 41.9. The molecule has 0 fully saturated rings. The second-order valence-electron chi connectivity index (χ2n) is 41.9. The monoisotopic (exact) mass is 1970 g/mol. The Kier molecular flexibility index (Phi) is 83.8. The van der Waals surface area contributed by atoms with Crippen LogP contribution in [0.3, 0.4) is 0 Å². The topological polar surface area (TPSA) is 213 Å². The lowest BCUT2D eigenvalue weighted by atomic mass is 10.0. The molecule has 0 aliphatic carbocycles. The maximum absolute atomic E-state index is 14.6. The summed E-state index contributed by atoms with van der Waals surface area (Å²) >= 11 is 0. The van der Waals surface area contributed by atoms with Gasteiger partial charge in [-0.1, -0.05) is 542 Å². The molecule has 4 aromatic rings. The number of nitrogens with one attached hydrogen (secondary N) is 2. The largest absolute Gasteiger partial charge is 0.504 e. The van der Waals surface area contributed by atoms with E-state index in [1.807, 2.05) is 24.3 Å². The molecule has 0 bridgehead atoms. The number of ether oxygens (including phenoxy) is 8. The van der Waals surface area contributed by atoms with Crippen LogP contribution in [0.25, 0.3) is 0 Å². The summed E-state index contributed by atoms with van der Waals surface area (Å²) in [5.41, 5.74) is 0.926. The van der Waals surface area contributed by atoms with Crippen molar-refractivity contribution in [3.8, 4) is 69.0 Å². The predicted octanol–water partition coefficient (Wildman–Crippen LogP) is 40.0. The first-order valence-corrected chi connectivity index (χ1v) is 60.6. The average Bonchev–Trinajstić information content (AvgIpc) is 0.813. The minimum atomic E-state index is -0.561. The van der Waals surface area contributed by atoms with Gasteiger partial charge in [0.15, 0.2) is 46.0 Å². The number of unbranched alkanes of at least 4 members (excludes halogenated alkanes) is 78. The Morgan fingerprint density at radius 3 is 0.489 bits per heavy atom. The first-order valence-electron chi connectivity index (χ1n) is 60.6. The van der Waals surface area contributed by atoms with E-state index in [0.29, 0.717) is 85.5 Å². The SMILES string of the molecule is CCCCCCCCCCCCCCCCOc1cc(NC(=O)c2cc(O)c(O)c(OCCCOc3cc(C(=O)Nc4cc(OCCCCCCCCCCCCCCCC)c(OCCCCCCCCCCCCCCCC)c(OCCCCCCCCCCCCCCCC)c4)cc(O)c3O)c2)cc(OCCCCCCCCCCCCCCCC)c1OCCCCCCCCCCCCCCCC. The van der Waals surface area contributed by atoms with Crippen molar-refractivity contribution in [3.63, 3.8) is 0 Å². The van der Waals surface area contributed by atoms with Gasteiger partial charge in [0.05, 0.1) is 52.9 Å². The summed E-state index contributed by atoms with van der Waals surface area (Å²) in [6, 6.07) is 12.5. The number of amides is 2. The highest BCUT2D eigenvalue weighted by atomic mass is 16.6. The van der Waals surface area contributed by atoms with Crippen molar-refractivity contribution in [2.45, 2.75) is 587 Å². The minimum Gasteiger partial charge on any atom is -0.504 e. The Morgan fingerprint density at radius 2 is 0.319 bits per heavy atom.